The van der Waals surface area contributed by atoms with E-state index in [2.05, 4.69) is 58.5 Å². The van der Waals surface area contributed by atoms with E-state index in [0.717, 1.165) is 88.3 Å². The largest absolute Gasteiger partial charge is 0.369 e. The third kappa shape index (κ3) is 4.32. The summed E-state index contributed by atoms with van der Waals surface area (Å²) in [5, 5.41) is 17.4. The van der Waals surface area contributed by atoms with E-state index in [1.807, 2.05) is 13.8 Å². The second-order valence-corrected chi connectivity index (χ2v) is 14.0. The molecule has 1 amide bonds. The zero-order chi connectivity index (χ0) is 26.8. The van der Waals surface area contributed by atoms with Gasteiger partial charge in [-0.05, 0) is 77.3 Å². The molecule has 4 aliphatic rings. The number of primary amides is 1. The normalized spacial score (nSPS) is 32.8. The average molecular weight is 671 g/mol. The lowest BCUT2D eigenvalue weighted by Crippen LogP contribution is -2.35. The zero-order valence-electron chi connectivity index (χ0n) is 20.7. The Morgan fingerprint density at radius 2 is 1.43 bits per heavy atom. The molecule has 0 bridgehead atoms. The number of amides is 1. The van der Waals surface area contributed by atoms with Crippen LogP contribution in [0.25, 0.3) is 0 Å². The molecule has 11 heteroatoms. The van der Waals surface area contributed by atoms with Crippen molar-refractivity contribution in [3.05, 3.63) is 42.5 Å². The topological polar surface area (TPSA) is 117 Å². The molecule has 4 heterocycles. The molecule has 2 aromatic heterocycles. The van der Waals surface area contributed by atoms with Gasteiger partial charge in [0.05, 0.1) is 30.5 Å². The van der Waals surface area contributed by atoms with Gasteiger partial charge in [0.2, 0.25) is 5.91 Å². The molecule has 2 aromatic rings. The van der Waals surface area contributed by atoms with Crippen molar-refractivity contribution in [3.8, 4) is 6.07 Å². The van der Waals surface area contributed by atoms with Crippen molar-refractivity contribution in [2.75, 3.05) is 23.7 Å². The highest BCUT2D eigenvalue weighted by Crippen LogP contribution is 2.58. The van der Waals surface area contributed by atoms with Gasteiger partial charge >= 0.3 is 0 Å². The van der Waals surface area contributed by atoms with E-state index in [4.69, 9.17) is 28.9 Å². The van der Waals surface area contributed by atoms with Gasteiger partial charge < -0.3 is 16.4 Å². The molecule has 0 radical (unpaired) electrons. The highest BCUT2D eigenvalue weighted by molar-refractivity contribution is 9.10. The number of nitriles is 1. The van der Waals surface area contributed by atoms with Crippen molar-refractivity contribution < 1.29 is 4.79 Å². The van der Waals surface area contributed by atoms with Crippen LogP contribution >= 0.6 is 55.1 Å². The summed E-state index contributed by atoms with van der Waals surface area (Å²) in [6, 6.07) is 2.45. The number of hydrogen-bond acceptors (Lipinski definition) is 6. The lowest BCUT2D eigenvalue weighted by Gasteiger charge is -2.27. The van der Waals surface area contributed by atoms with Crippen LogP contribution in [0.5, 0.6) is 0 Å². The molecule has 2 aliphatic heterocycles. The highest BCUT2D eigenvalue weighted by atomic mass is 79.9. The van der Waals surface area contributed by atoms with Gasteiger partial charge in [0.25, 0.3) is 0 Å². The van der Waals surface area contributed by atoms with Gasteiger partial charge in [0.15, 0.2) is 0 Å². The fourth-order valence-corrected chi connectivity index (χ4v) is 8.04. The fourth-order valence-electron chi connectivity index (χ4n) is 6.76. The zero-order valence-corrected chi connectivity index (χ0v) is 25.3. The van der Waals surface area contributed by atoms with Gasteiger partial charge in [0, 0.05) is 52.9 Å². The average Bonchev–Trinajstić information content (AvgIpc) is 3.61. The van der Waals surface area contributed by atoms with Crippen LogP contribution in [0.3, 0.4) is 0 Å². The van der Waals surface area contributed by atoms with Crippen LogP contribution in [-0.4, -0.2) is 29.0 Å². The number of halogens is 4. The SMILES string of the molecule is C[C@@]1(C#N)CC[C@@]2(CNc3ncc(Br)c(Cl)c32)C1.C[C@@]1(C(N)=O)CC[C@@]2(CNc3ncc(Br)c(Cl)c32)C1. The third-order valence-corrected chi connectivity index (χ3v) is 11.3. The van der Waals surface area contributed by atoms with Crippen molar-refractivity contribution >= 4 is 72.6 Å². The van der Waals surface area contributed by atoms with E-state index < -0.39 is 5.41 Å². The number of carbonyl (C=O) groups excluding carboxylic acids is 1. The van der Waals surface area contributed by atoms with Gasteiger partial charge in [0.1, 0.15) is 11.6 Å². The standard InChI is InChI=1S/C13H15BrClN3O.C13H13BrClN3/c1-12(11(16)19)2-3-13(5-12)6-18-10-8(13)9(15)7(14)4-17-10;1-12(6-16)2-3-13(5-12)7-18-11-9(13)10(15)8(14)4-17-11/h4H,2-3,5-6H2,1H3,(H2,16,19)(H,17,18);4H,2-3,5,7H2,1H3,(H,17,18)/t2*12-,13+/m11/s1. The predicted octanol–water partition coefficient (Wildman–Crippen LogP) is 6.71. The maximum absolute atomic E-state index is 11.7. The quantitative estimate of drug-likeness (QED) is 0.311. The van der Waals surface area contributed by atoms with E-state index in [-0.39, 0.29) is 22.2 Å². The molecule has 0 aromatic carbocycles. The molecule has 196 valence electrons. The molecular weight excluding hydrogens is 643 g/mol. The van der Waals surface area contributed by atoms with Crippen molar-refractivity contribution in [3.63, 3.8) is 0 Å². The number of nitrogens with one attached hydrogen (secondary N) is 2. The first-order valence-corrected chi connectivity index (χ1v) is 14.6. The number of carbonyl (C=O) groups is 1. The monoisotopic (exact) mass is 668 g/mol. The molecular formula is C26H28Br2Cl2N6O. The molecule has 2 fully saturated rings. The van der Waals surface area contributed by atoms with Crippen LogP contribution < -0.4 is 16.4 Å². The smallest absolute Gasteiger partial charge is 0.223 e. The second-order valence-electron chi connectivity index (χ2n) is 11.5. The summed E-state index contributed by atoms with van der Waals surface area (Å²) in [6.07, 6.45) is 8.64. The molecule has 0 saturated heterocycles. The number of fused-ring (bicyclic) bond motifs is 4. The van der Waals surface area contributed by atoms with Gasteiger partial charge in [-0.25, -0.2) is 9.97 Å². The Morgan fingerprint density at radius 1 is 0.946 bits per heavy atom. The summed E-state index contributed by atoms with van der Waals surface area (Å²) in [4.78, 5) is 20.4. The predicted molar refractivity (Wildman–Crippen MR) is 153 cm³/mol. The van der Waals surface area contributed by atoms with Crippen molar-refractivity contribution in [2.24, 2.45) is 16.6 Å². The number of rotatable bonds is 1. The van der Waals surface area contributed by atoms with E-state index >= 15 is 0 Å². The Bertz CT molecular complexity index is 1350. The van der Waals surface area contributed by atoms with Crippen LogP contribution in [0.4, 0.5) is 11.6 Å². The first-order chi connectivity index (χ1) is 17.4. The minimum atomic E-state index is -0.449. The molecule has 7 nitrogen and oxygen atoms in total. The second kappa shape index (κ2) is 9.25. The number of hydrogen-bond donors (Lipinski definition) is 3. The van der Waals surface area contributed by atoms with Crippen molar-refractivity contribution in [2.45, 2.75) is 63.2 Å². The maximum Gasteiger partial charge on any atom is 0.223 e. The highest BCUT2D eigenvalue weighted by Gasteiger charge is 2.54. The molecule has 4 atom stereocenters. The minimum absolute atomic E-state index is 0.0202. The summed E-state index contributed by atoms with van der Waals surface area (Å²) in [5.41, 5.74) is 6.86. The lowest BCUT2D eigenvalue weighted by molar-refractivity contribution is -0.126. The Labute approximate surface area is 243 Å². The van der Waals surface area contributed by atoms with Crippen molar-refractivity contribution in [1.29, 1.82) is 5.26 Å². The first kappa shape index (κ1) is 27.0. The van der Waals surface area contributed by atoms with Gasteiger partial charge in [-0.15, -0.1) is 0 Å². The van der Waals surface area contributed by atoms with E-state index in [0.29, 0.717) is 5.02 Å². The van der Waals surface area contributed by atoms with Crippen LogP contribution in [0.1, 0.15) is 63.5 Å². The van der Waals surface area contributed by atoms with Crippen molar-refractivity contribution in [1.82, 2.24) is 9.97 Å². The summed E-state index contributed by atoms with van der Waals surface area (Å²) in [7, 11) is 0. The Balaban J connectivity index is 0.000000152. The van der Waals surface area contributed by atoms with Gasteiger partial charge in [-0.3, -0.25) is 4.79 Å². The van der Waals surface area contributed by atoms with Crippen LogP contribution in [0.15, 0.2) is 21.3 Å². The Morgan fingerprint density at radius 3 is 1.86 bits per heavy atom. The minimum Gasteiger partial charge on any atom is -0.369 e. The lowest BCUT2D eigenvalue weighted by atomic mass is 9.77. The summed E-state index contributed by atoms with van der Waals surface area (Å²) >= 11 is 19.7. The van der Waals surface area contributed by atoms with Gasteiger partial charge in [-0.2, -0.15) is 5.26 Å². The summed E-state index contributed by atoms with van der Waals surface area (Å²) in [5.74, 6) is 1.49. The third-order valence-electron chi connectivity index (χ3n) is 8.83. The fraction of sp³-hybridized carbons (Fsp3) is 0.538. The van der Waals surface area contributed by atoms with E-state index in [1.54, 1.807) is 12.4 Å². The number of anilines is 2. The molecule has 37 heavy (non-hydrogen) atoms. The Hall–Kier alpha value is -1.60. The molecule has 6 rings (SSSR count). The number of nitrogens with zero attached hydrogens (tertiary/aromatic N) is 3. The van der Waals surface area contributed by atoms with E-state index in [1.165, 1.54) is 0 Å². The molecule has 2 saturated carbocycles. The number of pyridine rings is 2. The Kier molecular flexibility index (Phi) is 6.75. The van der Waals surface area contributed by atoms with Crippen LogP contribution in [0, 0.1) is 22.2 Å². The number of aromatic nitrogens is 2. The van der Waals surface area contributed by atoms with Crippen LogP contribution in [-0.2, 0) is 15.6 Å². The first-order valence-electron chi connectivity index (χ1n) is 12.3. The van der Waals surface area contributed by atoms with Gasteiger partial charge in [-0.1, -0.05) is 30.1 Å². The maximum atomic E-state index is 11.7. The molecule has 2 aliphatic carbocycles. The van der Waals surface area contributed by atoms with E-state index in [9.17, 15) is 10.1 Å². The molecule has 2 spiro atoms. The summed E-state index contributed by atoms with van der Waals surface area (Å²) in [6.45, 7) is 5.59. The molecule has 4 N–H and O–H groups in total. The summed E-state index contributed by atoms with van der Waals surface area (Å²) < 4.78 is 1.63. The molecule has 0 unspecified atom stereocenters. The van der Waals surface area contributed by atoms with Crippen LogP contribution in [0.2, 0.25) is 10.0 Å². The number of nitrogens with two attached hydrogens (primary N) is 1.